The van der Waals surface area contributed by atoms with Gasteiger partial charge in [-0.3, -0.25) is 4.79 Å². The fraction of sp³-hybridized carbons (Fsp3) is 0.333. The van der Waals surface area contributed by atoms with E-state index in [4.69, 9.17) is 0 Å². The highest BCUT2D eigenvalue weighted by atomic mass is 16.1. The van der Waals surface area contributed by atoms with E-state index < -0.39 is 0 Å². The molecule has 2 aromatic rings. The van der Waals surface area contributed by atoms with E-state index in [0.29, 0.717) is 11.1 Å². The zero-order valence-corrected chi connectivity index (χ0v) is 14.0. The number of nitrogens with zero attached hydrogens (tertiary/aromatic N) is 1. The van der Waals surface area contributed by atoms with Gasteiger partial charge in [0.05, 0.1) is 11.6 Å². The van der Waals surface area contributed by atoms with Crippen molar-refractivity contribution in [2.75, 3.05) is 0 Å². The number of carbonyl (C=O) groups is 1. The molecule has 1 amide bonds. The summed E-state index contributed by atoms with van der Waals surface area (Å²) >= 11 is 0. The quantitative estimate of drug-likeness (QED) is 0.903. The summed E-state index contributed by atoms with van der Waals surface area (Å²) in [5.74, 6) is 0.714. The van der Waals surface area contributed by atoms with Gasteiger partial charge in [-0.2, -0.15) is 5.26 Å². The fourth-order valence-corrected chi connectivity index (χ4v) is 3.40. The molecule has 0 bridgehead atoms. The van der Waals surface area contributed by atoms with Crippen molar-refractivity contribution in [1.82, 2.24) is 5.32 Å². The van der Waals surface area contributed by atoms with Gasteiger partial charge in [0.15, 0.2) is 0 Å². The van der Waals surface area contributed by atoms with Crippen molar-refractivity contribution >= 4 is 5.91 Å². The Labute approximate surface area is 143 Å². The van der Waals surface area contributed by atoms with Gasteiger partial charge in [0.2, 0.25) is 0 Å². The highest BCUT2D eigenvalue weighted by molar-refractivity contribution is 6.01. The molecule has 122 valence electrons. The van der Waals surface area contributed by atoms with E-state index in [1.165, 1.54) is 12.8 Å². The van der Waals surface area contributed by atoms with Gasteiger partial charge in [-0.15, -0.1) is 0 Å². The van der Waals surface area contributed by atoms with Gasteiger partial charge < -0.3 is 5.32 Å². The molecular weight excluding hydrogens is 296 g/mol. The summed E-state index contributed by atoms with van der Waals surface area (Å²) in [6.07, 6.45) is 4.43. The molecule has 1 aliphatic carbocycles. The Balaban J connectivity index is 1.87. The molecule has 0 atom stereocenters. The molecule has 3 heteroatoms. The molecule has 0 aromatic heterocycles. The Morgan fingerprint density at radius 1 is 1.00 bits per heavy atom. The second-order valence-electron chi connectivity index (χ2n) is 6.63. The summed E-state index contributed by atoms with van der Waals surface area (Å²) in [5.41, 5.74) is 2.85. The van der Waals surface area contributed by atoms with Gasteiger partial charge >= 0.3 is 0 Å². The van der Waals surface area contributed by atoms with E-state index in [1.807, 2.05) is 42.5 Å². The Morgan fingerprint density at radius 3 is 2.33 bits per heavy atom. The summed E-state index contributed by atoms with van der Waals surface area (Å²) in [6.45, 7) is 2.27. The third kappa shape index (κ3) is 3.49. The molecule has 3 rings (SSSR count). The number of hydrogen-bond acceptors (Lipinski definition) is 2. The lowest BCUT2D eigenvalue weighted by atomic mass is 9.87. The summed E-state index contributed by atoms with van der Waals surface area (Å²) < 4.78 is 0. The molecule has 1 saturated carbocycles. The SMILES string of the molecule is CC1CCC(NC(=O)c2ccccc2-c2ccccc2C#N)CC1. The molecular formula is C21H22N2O. The number of carbonyl (C=O) groups excluding carboxylic acids is 1. The first-order valence-corrected chi connectivity index (χ1v) is 8.58. The Hall–Kier alpha value is -2.60. The van der Waals surface area contributed by atoms with Crippen LogP contribution in [-0.2, 0) is 0 Å². The molecule has 0 spiro atoms. The molecule has 1 fully saturated rings. The van der Waals surface area contributed by atoms with Crippen molar-refractivity contribution in [3.63, 3.8) is 0 Å². The van der Waals surface area contributed by atoms with Gasteiger partial charge in [-0.05, 0) is 49.3 Å². The van der Waals surface area contributed by atoms with Crippen LogP contribution in [0.15, 0.2) is 48.5 Å². The van der Waals surface area contributed by atoms with Crippen LogP contribution in [0.5, 0.6) is 0 Å². The van der Waals surface area contributed by atoms with Crippen LogP contribution < -0.4 is 5.32 Å². The lowest BCUT2D eigenvalue weighted by molar-refractivity contribution is 0.0923. The average molecular weight is 318 g/mol. The topological polar surface area (TPSA) is 52.9 Å². The maximum Gasteiger partial charge on any atom is 0.252 e. The van der Waals surface area contributed by atoms with E-state index in [0.717, 1.165) is 29.9 Å². The van der Waals surface area contributed by atoms with Crippen LogP contribution in [-0.4, -0.2) is 11.9 Å². The Kier molecular flexibility index (Phi) is 4.96. The second kappa shape index (κ2) is 7.31. The number of rotatable bonds is 3. The van der Waals surface area contributed by atoms with Crippen LogP contribution in [0.3, 0.4) is 0 Å². The van der Waals surface area contributed by atoms with E-state index in [-0.39, 0.29) is 11.9 Å². The second-order valence-corrected chi connectivity index (χ2v) is 6.63. The molecule has 0 saturated heterocycles. The minimum atomic E-state index is -0.0436. The molecule has 24 heavy (non-hydrogen) atoms. The molecule has 3 nitrogen and oxygen atoms in total. The van der Waals surface area contributed by atoms with E-state index in [2.05, 4.69) is 18.3 Å². The van der Waals surface area contributed by atoms with Crippen LogP contribution >= 0.6 is 0 Å². The lowest BCUT2D eigenvalue weighted by Crippen LogP contribution is -2.37. The fourth-order valence-electron chi connectivity index (χ4n) is 3.40. The van der Waals surface area contributed by atoms with Gasteiger partial charge in [-0.25, -0.2) is 0 Å². The molecule has 0 heterocycles. The maximum atomic E-state index is 12.8. The van der Waals surface area contributed by atoms with Crippen molar-refractivity contribution in [3.8, 4) is 17.2 Å². The number of nitriles is 1. The summed E-state index contributed by atoms with van der Waals surface area (Å²) in [7, 11) is 0. The zero-order chi connectivity index (χ0) is 16.9. The molecule has 0 aliphatic heterocycles. The van der Waals surface area contributed by atoms with Crippen LogP contribution in [0.25, 0.3) is 11.1 Å². The molecule has 1 aliphatic rings. The first kappa shape index (κ1) is 16.3. The van der Waals surface area contributed by atoms with Gasteiger partial charge in [-0.1, -0.05) is 43.3 Å². The largest absolute Gasteiger partial charge is 0.349 e. The van der Waals surface area contributed by atoms with Crippen LogP contribution in [0.2, 0.25) is 0 Å². The zero-order valence-electron chi connectivity index (χ0n) is 14.0. The minimum Gasteiger partial charge on any atom is -0.349 e. The monoisotopic (exact) mass is 318 g/mol. The van der Waals surface area contributed by atoms with Crippen molar-refractivity contribution in [2.24, 2.45) is 5.92 Å². The smallest absolute Gasteiger partial charge is 0.252 e. The van der Waals surface area contributed by atoms with Crippen molar-refractivity contribution in [1.29, 1.82) is 5.26 Å². The summed E-state index contributed by atoms with van der Waals surface area (Å²) in [5, 5.41) is 12.5. The predicted octanol–water partition coefficient (Wildman–Crippen LogP) is 4.53. The van der Waals surface area contributed by atoms with Gasteiger partial charge in [0.1, 0.15) is 0 Å². The summed E-state index contributed by atoms with van der Waals surface area (Å²) in [6, 6.07) is 17.4. The summed E-state index contributed by atoms with van der Waals surface area (Å²) in [4.78, 5) is 12.8. The highest BCUT2D eigenvalue weighted by Crippen LogP contribution is 2.28. The van der Waals surface area contributed by atoms with Crippen molar-refractivity contribution < 1.29 is 4.79 Å². The molecule has 1 N–H and O–H groups in total. The average Bonchev–Trinajstić information content (AvgIpc) is 2.63. The van der Waals surface area contributed by atoms with E-state index in [9.17, 15) is 10.1 Å². The Morgan fingerprint density at radius 2 is 1.62 bits per heavy atom. The van der Waals surface area contributed by atoms with Crippen LogP contribution in [0.4, 0.5) is 0 Å². The van der Waals surface area contributed by atoms with Crippen molar-refractivity contribution in [2.45, 2.75) is 38.6 Å². The third-order valence-corrected chi connectivity index (χ3v) is 4.86. The van der Waals surface area contributed by atoms with Crippen molar-refractivity contribution in [3.05, 3.63) is 59.7 Å². The highest BCUT2D eigenvalue weighted by Gasteiger charge is 2.22. The van der Waals surface area contributed by atoms with Gasteiger partial charge in [0, 0.05) is 17.2 Å². The number of hydrogen-bond donors (Lipinski definition) is 1. The van der Waals surface area contributed by atoms with E-state index >= 15 is 0 Å². The lowest BCUT2D eigenvalue weighted by Gasteiger charge is -2.27. The van der Waals surface area contributed by atoms with Gasteiger partial charge in [0.25, 0.3) is 5.91 Å². The third-order valence-electron chi connectivity index (χ3n) is 4.86. The number of amides is 1. The predicted molar refractivity (Wildman–Crippen MR) is 95.5 cm³/mol. The molecule has 2 aromatic carbocycles. The minimum absolute atomic E-state index is 0.0436. The first-order chi connectivity index (χ1) is 11.7. The standard InChI is InChI=1S/C21H22N2O/c1-15-10-12-17(13-11-15)23-21(24)20-9-5-4-8-19(20)18-7-3-2-6-16(18)14-22/h2-9,15,17H,10-13H2,1H3,(H,23,24). The Bertz CT molecular complexity index is 767. The normalized spacial score (nSPS) is 20.2. The maximum absolute atomic E-state index is 12.8. The molecule has 0 unspecified atom stereocenters. The number of benzene rings is 2. The molecule has 0 radical (unpaired) electrons. The van der Waals surface area contributed by atoms with E-state index in [1.54, 1.807) is 6.07 Å². The first-order valence-electron chi connectivity index (χ1n) is 8.58. The van der Waals surface area contributed by atoms with Crippen LogP contribution in [0, 0.1) is 17.2 Å². The number of nitrogens with one attached hydrogen (secondary N) is 1. The van der Waals surface area contributed by atoms with Crippen LogP contribution in [0.1, 0.15) is 48.5 Å².